The molecule has 1 aromatic carbocycles. The Kier molecular flexibility index (Phi) is 3.69. The minimum Gasteiger partial charge on any atom is -0.326 e. The molecule has 0 aliphatic rings. The fourth-order valence-electron chi connectivity index (χ4n) is 1.08. The summed E-state index contributed by atoms with van der Waals surface area (Å²) in [7, 11) is 5.92. The Balaban J connectivity index is 3.03. The standard InChI is InChI=1S/C9H13ClNOP/c1-11(2)9(10,12-13)8-6-4-3-5-7-8/h3-7H,13H2,1-2H3. The first-order chi connectivity index (χ1) is 6.11. The molecule has 0 aliphatic heterocycles. The van der Waals surface area contributed by atoms with Gasteiger partial charge in [0.2, 0.25) is 5.18 Å². The summed E-state index contributed by atoms with van der Waals surface area (Å²) in [6.45, 7) is 0. The van der Waals surface area contributed by atoms with Crippen molar-refractivity contribution in [2.24, 2.45) is 0 Å². The van der Waals surface area contributed by atoms with E-state index < -0.39 is 5.18 Å². The van der Waals surface area contributed by atoms with Crippen molar-refractivity contribution in [3.05, 3.63) is 35.9 Å². The first-order valence-electron chi connectivity index (χ1n) is 3.91. The van der Waals surface area contributed by atoms with E-state index >= 15 is 0 Å². The molecule has 4 heteroatoms. The monoisotopic (exact) mass is 217 g/mol. The van der Waals surface area contributed by atoms with Crippen LogP contribution in [0.25, 0.3) is 0 Å². The van der Waals surface area contributed by atoms with Crippen LogP contribution < -0.4 is 0 Å². The quantitative estimate of drug-likeness (QED) is 0.334. The highest BCUT2D eigenvalue weighted by atomic mass is 35.5. The molecule has 1 rings (SSSR count). The molecule has 2 atom stereocenters. The van der Waals surface area contributed by atoms with Gasteiger partial charge < -0.3 is 4.52 Å². The van der Waals surface area contributed by atoms with Crippen LogP contribution in [0.15, 0.2) is 30.3 Å². The van der Waals surface area contributed by atoms with E-state index in [0.717, 1.165) is 5.56 Å². The van der Waals surface area contributed by atoms with Gasteiger partial charge in [-0.25, -0.2) is 0 Å². The number of nitrogens with zero attached hydrogens (tertiary/aromatic N) is 1. The van der Waals surface area contributed by atoms with E-state index in [0.29, 0.717) is 0 Å². The molecule has 0 saturated carbocycles. The molecule has 0 amide bonds. The van der Waals surface area contributed by atoms with Crippen molar-refractivity contribution < 1.29 is 4.52 Å². The number of halogens is 1. The maximum Gasteiger partial charge on any atom is 0.227 e. The SMILES string of the molecule is CN(C)C(Cl)(OP)c1ccccc1. The lowest BCUT2D eigenvalue weighted by molar-refractivity contribution is 0.0357. The third-order valence-corrected chi connectivity index (χ3v) is 3.00. The molecule has 2 unspecified atom stereocenters. The van der Waals surface area contributed by atoms with Crippen LogP contribution >= 0.6 is 21.1 Å². The molecule has 0 fully saturated rings. The van der Waals surface area contributed by atoms with Gasteiger partial charge in [0, 0.05) is 15.0 Å². The summed E-state index contributed by atoms with van der Waals surface area (Å²) in [5.41, 5.74) is 0.914. The number of hydrogen-bond acceptors (Lipinski definition) is 2. The zero-order valence-corrected chi connectivity index (χ0v) is 9.61. The smallest absolute Gasteiger partial charge is 0.227 e. The first-order valence-corrected chi connectivity index (χ1v) is 4.76. The van der Waals surface area contributed by atoms with Crippen LogP contribution in [0.1, 0.15) is 5.56 Å². The van der Waals surface area contributed by atoms with Crippen LogP contribution in [0.3, 0.4) is 0 Å². The number of hydrogen-bond donors (Lipinski definition) is 0. The molecule has 0 heterocycles. The zero-order chi connectivity index (χ0) is 9.90. The van der Waals surface area contributed by atoms with Gasteiger partial charge in [-0.1, -0.05) is 41.9 Å². The van der Waals surface area contributed by atoms with Crippen molar-refractivity contribution >= 4 is 21.1 Å². The predicted octanol–water partition coefficient (Wildman–Crippen LogP) is 2.40. The zero-order valence-electron chi connectivity index (χ0n) is 7.70. The third-order valence-electron chi connectivity index (χ3n) is 1.86. The average molecular weight is 218 g/mol. The highest BCUT2D eigenvalue weighted by molar-refractivity contribution is 7.10. The molecular formula is C9H13ClNOP. The number of benzene rings is 1. The van der Waals surface area contributed by atoms with Crippen molar-refractivity contribution in [3.8, 4) is 0 Å². The lowest BCUT2D eigenvalue weighted by Gasteiger charge is -2.32. The second kappa shape index (κ2) is 4.39. The van der Waals surface area contributed by atoms with Gasteiger partial charge in [-0.3, -0.25) is 4.90 Å². The predicted molar refractivity (Wildman–Crippen MR) is 58.5 cm³/mol. The number of rotatable bonds is 3. The van der Waals surface area contributed by atoms with Crippen molar-refractivity contribution in [2.75, 3.05) is 14.1 Å². The molecule has 0 radical (unpaired) electrons. The Morgan fingerprint density at radius 2 is 1.85 bits per heavy atom. The largest absolute Gasteiger partial charge is 0.326 e. The summed E-state index contributed by atoms with van der Waals surface area (Å²) in [6, 6.07) is 9.66. The highest BCUT2D eigenvalue weighted by Crippen LogP contribution is 2.34. The van der Waals surface area contributed by atoms with E-state index in [1.54, 1.807) is 4.90 Å². The molecule has 72 valence electrons. The van der Waals surface area contributed by atoms with Crippen LogP contribution in [-0.2, 0) is 9.71 Å². The molecule has 0 saturated heterocycles. The minimum atomic E-state index is -0.897. The maximum absolute atomic E-state index is 6.27. The lowest BCUT2D eigenvalue weighted by atomic mass is 10.2. The fraction of sp³-hybridized carbons (Fsp3) is 0.333. The number of alkyl halides is 1. The lowest BCUT2D eigenvalue weighted by Crippen LogP contribution is -2.36. The van der Waals surface area contributed by atoms with Crippen molar-refractivity contribution in [1.82, 2.24) is 4.90 Å². The maximum atomic E-state index is 6.27. The van der Waals surface area contributed by atoms with E-state index in [9.17, 15) is 0 Å². The van der Waals surface area contributed by atoms with E-state index in [1.165, 1.54) is 0 Å². The Bertz CT molecular complexity index is 268. The third kappa shape index (κ3) is 2.21. The highest BCUT2D eigenvalue weighted by Gasteiger charge is 2.31. The molecule has 13 heavy (non-hydrogen) atoms. The Labute approximate surface area is 86.1 Å². The Morgan fingerprint density at radius 3 is 2.23 bits per heavy atom. The first kappa shape index (κ1) is 10.9. The van der Waals surface area contributed by atoms with Crippen molar-refractivity contribution in [2.45, 2.75) is 5.18 Å². The van der Waals surface area contributed by atoms with Crippen LogP contribution in [-0.4, -0.2) is 19.0 Å². The van der Waals surface area contributed by atoms with Crippen LogP contribution in [0.2, 0.25) is 0 Å². The van der Waals surface area contributed by atoms with E-state index in [2.05, 4.69) is 9.47 Å². The molecule has 1 aromatic rings. The normalized spacial score (nSPS) is 15.8. The van der Waals surface area contributed by atoms with Gasteiger partial charge in [-0.15, -0.1) is 0 Å². The van der Waals surface area contributed by atoms with Crippen LogP contribution in [0, 0.1) is 0 Å². The van der Waals surface area contributed by atoms with E-state index in [4.69, 9.17) is 16.1 Å². The van der Waals surface area contributed by atoms with Crippen molar-refractivity contribution in [1.29, 1.82) is 0 Å². The fourth-order valence-corrected chi connectivity index (χ4v) is 1.55. The molecule has 2 nitrogen and oxygen atoms in total. The minimum absolute atomic E-state index is 0.897. The topological polar surface area (TPSA) is 12.5 Å². The van der Waals surface area contributed by atoms with E-state index in [-0.39, 0.29) is 0 Å². The van der Waals surface area contributed by atoms with Gasteiger partial charge in [-0.05, 0) is 14.1 Å². The summed E-state index contributed by atoms with van der Waals surface area (Å²) in [4.78, 5) is 1.80. The molecule has 0 bridgehead atoms. The van der Waals surface area contributed by atoms with E-state index in [1.807, 2.05) is 44.4 Å². The van der Waals surface area contributed by atoms with Gasteiger partial charge in [0.1, 0.15) is 0 Å². The van der Waals surface area contributed by atoms with Crippen LogP contribution in [0.5, 0.6) is 0 Å². The summed E-state index contributed by atoms with van der Waals surface area (Å²) in [5.74, 6) is 0. The summed E-state index contributed by atoms with van der Waals surface area (Å²) >= 11 is 6.27. The van der Waals surface area contributed by atoms with Gasteiger partial charge in [0.15, 0.2) is 0 Å². The molecule has 0 N–H and O–H groups in total. The molecule has 0 aliphatic carbocycles. The Morgan fingerprint density at radius 1 is 1.31 bits per heavy atom. The average Bonchev–Trinajstić information content (AvgIpc) is 2.17. The van der Waals surface area contributed by atoms with Gasteiger partial charge >= 0.3 is 0 Å². The summed E-state index contributed by atoms with van der Waals surface area (Å²) in [5, 5.41) is -0.897. The summed E-state index contributed by atoms with van der Waals surface area (Å²) < 4.78 is 5.19. The summed E-state index contributed by atoms with van der Waals surface area (Å²) in [6.07, 6.45) is 0. The van der Waals surface area contributed by atoms with Gasteiger partial charge in [-0.2, -0.15) is 0 Å². The van der Waals surface area contributed by atoms with Crippen LogP contribution in [0.4, 0.5) is 0 Å². The van der Waals surface area contributed by atoms with Gasteiger partial charge in [0.25, 0.3) is 0 Å². The Hall–Kier alpha value is -0.140. The molecular weight excluding hydrogens is 205 g/mol. The van der Waals surface area contributed by atoms with Gasteiger partial charge in [0.05, 0.1) is 0 Å². The molecule has 0 spiro atoms. The molecule has 0 aromatic heterocycles. The van der Waals surface area contributed by atoms with Crippen molar-refractivity contribution in [3.63, 3.8) is 0 Å². The second-order valence-electron chi connectivity index (χ2n) is 2.94. The second-order valence-corrected chi connectivity index (χ2v) is 3.69.